The average Bonchev–Trinajstić information content (AvgIpc) is 2.97. The monoisotopic (exact) mass is 502 g/mol. The number of phenols is 2. The molecule has 0 aromatic heterocycles. The van der Waals surface area contributed by atoms with E-state index in [2.05, 4.69) is 60.7 Å². The second kappa shape index (κ2) is 8.11. The lowest BCUT2D eigenvalue weighted by atomic mass is 9.96. The molecule has 0 aliphatic heterocycles. The van der Waals surface area contributed by atoms with E-state index in [1.54, 1.807) is 12.1 Å². The fourth-order valence-corrected chi connectivity index (χ4v) is 5.90. The summed E-state index contributed by atoms with van der Waals surface area (Å²) < 4.78 is 6.61. The van der Waals surface area contributed by atoms with Crippen LogP contribution in [0.4, 0.5) is 0 Å². The van der Waals surface area contributed by atoms with Crippen LogP contribution >= 0.6 is 0 Å². The van der Waals surface area contributed by atoms with Crippen LogP contribution in [0.25, 0.3) is 64.6 Å². The van der Waals surface area contributed by atoms with Gasteiger partial charge in [-0.3, -0.25) is 0 Å². The first-order valence-corrected chi connectivity index (χ1v) is 13.0. The first kappa shape index (κ1) is 21.8. The highest BCUT2D eigenvalue weighted by Gasteiger charge is 2.19. The van der Waals surface area contributed by atoms with Gasteiger partial charge in [-0.15, -0.1) is 0 Å². The van der Waals surface area contributed by atoms with Crippen LogP contribution in [-0.2, 0) is 0 Å². The molecule has 8 aromatic carbocycles. The molecule has 0 radical (unpaired) electrons. The van der Waals surface area contributed by atoms with Gasteiger partial charge in [-0.2, -0.15) is 0 Å². The highest BCUT2D eigenvalue weighted by atomic mass is 16.5. The second-order valence-electron chi connectivity index (χ2n) is 10.1. The van der Waals surface area contributed by atoms with Gasteiger partial charge >= 0.3 is 0 Å². The maximum atomic E-state index is 11.2. The minimum absolute atomic E-state index is 0.0187. The summed E-state index contributed by atoms with van der Waals surface area (Å²) in [5, 5.41) is 34.4. The Balaban J connectivity index is 1.45. The van der Waals surface area contributed by atoms with Crippen LogP contribution in [0, 0.1) is 0 Å². The van der Waals surface area contributed by atoms with Crippen molar-refractivity contribution < 1.29 is 14.9 Å². The largest absolute Gasteiger partial charge is 0.504 e. The van der Waals surface area contributed by atoms with Crippen molar-refractivity contribution in [2.75, 3.05) is 0 Å². The molecule has 3 nitrogen and oxygen atoms in total. The Labute approximate surface area is 223 Å². The minimum atomic E-state index is 0.0187. The van der Waals surface area contributed by atoms with Crippen LogP contribution in [0.1, 0.15) is 0 Å². The predicted molar refractivity (Wildman–Crippen MR) is 161 cm³/mol. The zero-order valence-corrected chi connectivity index (χ0v) is 20.8. The van der Waals surface area contributed by atoms with Crippen molar-refractivity contribution in [1.82, 2.24) is 0 Å². The molecular formula is C36H22O3. The molecule has 0 amide bonds. The van der Waals surface area contributed by atoms with Crippen molar-refractivity contribution in [2.45, 2.75) is 0 Å². The summed E-state index contributed by atoms with van der Waals surface area (Å²) in [5.74, 6) is 0.693. The minimum Gasteiger partial charge on any atom is -0.504 e. The van der Waals surface area contributed by atoms with Crippen molar-refractivity contribution in [3.8, 4) is 23.0 Å². The molecule has 0 aliphatic carbocycles. The van der Waals surface area contributed by atoms with E-state index in [9.17, 15) is 10.2 Å². The van der Waals surface area contributed by atoms with Gasteiger partial charge in [0.2, 0.25) is 0 Å². The van der Waals surface area contributed by atoms with Gasteiger partial charge < -0.3 is 14.9 Å². The lowest BCUT2D eigenvalue weighted by Gasteiger charge is -2.17. The highest BCUT2D eigenvalue weighted by Crippen LogP contribution is 2.48. The number of hydrogen-bond acceptors (Lipinski definition) is 3. The van der Waals surface area contributed by atoms with E-state index in [4.69, 9.17) is 4.74 Å². The van der Waals surface area contributed by atoms with Crippen molar-refractivity contribution in [2.24, 2.45) is 0 Å². The molecule has 3 heteroatoms. The number of aromatic hydroxyl groups is 2. The molecule has 0 fully saturated rings. The molecule has 0 saturated heterocycles. The summed E-state index contributed by atoms with van der Waals surface area (Å²) in [6.07, 6.45) is 0. The molecule has 0 atom stereocenters. The SMILES string of the molecule is Oc1ccc2ccc3cc4ccccc4cc3c2c1Oc1c(O)ccc2ccc3cc4ccccc4cc3c12. The van der Waals surface area contributed by atoms with Gasteiger partial charge in [-0.1, -0.05) is 84.9 Å². The van der Waals surface area contributed by atoms with Crippen LogP contribution in [0.2, 0.25) is 0 Å². The van der Waals surface area contributed by atoms with Gasteiger partial charge in [0.1, 0.15) is 0 Å². The van der Waals surface area contributed by atoms with Crippen molar-refractivity contribution >= 4 is 64.6 Å². The normalized spacial score (nSPS) is 11.8. The summed E-state index contributed by atoms with van der Waals surface area (Å²) in [6, 6.07) is 40.5. The Morgan fingerprint density at radius 2 is 0.718 bits per heavy atom. The third kappa shape index (κ3) is 3.30. The summed E-state index contributed by atoms with van der Waals surface area (Å²) in [6.45, 7) is 0. The Hall–Kier alpha value is -5.28. The van der Waals surface area contributed by atoms with Crippen molar-refractivity contribution in [3.63, 3.8) is 0 Å². The summed E-state index contributed by atoms with van der Waals surface area (Å²) in [7, 11) is 0. The van der Waals surface area contributed by atoms with Crippen LogP contribution in [0.3, 0.4) is 0 Å². The first-order chi connectivity index (χ1) is 19.1. The maximum Gasteiger partial charge on any atom is 0.177 e. The van der Waals surface area contributed by atoms with Gasteiger partial charge in [0.05, 0.1) is 0 Å². The topological polar surface area (TPSA) is 49.7 Å². The van der Waals surface area contributed by atoms with E-state index < -0.39 is 0 Å². The van der Waals surface area contributed by atoms with E-state index >= 15 is 0 Å². The number of benzene rings is 8. The van der Waals surface area contributed by atoms with Crippen LogP contribution in [0.5, 0.6) is 23.0 Å². The van der Waals surface area contributed by atoms with Gasteiger partial charge in [-0.25, -0.2) is 0 Å². The van der Waals surface area contributed by atoms with Gasteiger partial charge in [0.25, 0.3) is 0 Å². The first-order valence-electron chi connectivity index (χ1n) is 13.0. The quantitative estimate of drug-likeness (QED) is 0.183. The molecule has 184 valence electrons. The fraction of sp³-hybridized carbons (Fsp3) is 0. The molecule has 8 aromatic rings. The van der Waals surface area contributed by atoms with Gasteiger partial charge in [0, 0.05) is 10.8 Å². The smallest absolute Gasteiger partial charge is 0.177 e. The Morgan fingerprint density at radius 3 is 1.15 bits per heavy atom. The standard InChI is InChI=1S/C36H22O3/c37-31-15-13-21-9-11-27-17-23-5-1-3-7-25(23)19-29(27)33(21)35(31)39-36-32(38)16-14-22-10-12-28-18-24-6-2-4-8-26(24)20-30(28)34(22)36/h1-20,37-38H. The number of hydrogen-bond donors (Lipinski definition) is 2. The molecular weight excluding hydrogens is 480 g/mol. The van der Waals surface area contributed by atoms with Crippen LogP contribution in [-0.4, -0.2) is 10.2 Å². The molecule has 8 rings (SSSR count). The van der Waals surface area contributed by atoms with E-state index in [1.165, 1.54) is 0 Å². The molecule has 39 heavy (non-hydrogen) atoms. The summed E-state index contributed by atoms with van der Waals surface area (Å²) in [5.41, 5.74) is 0. The van der Waals surface area contributed by atoms with Gasteiger partial charge in [-0.05, 0) is 90.3 Å². The van der Waals surface area contributed by atoms with Crippen LogP contribution < -0.4 is 4.74 Å². The Morgan fingerprint density at radius 1 is 0.359 bits per heavy atom. The number of rotatable bonds is 2. The maximum absolute atomic E-state index is 11.2. The summed E-state index contributed by atoms with van der Waals surface area (Å²) in [4.78, 5) is 0. The number of phenolic OH excluding ortho intramolecular Hbond substituents is 2. The second-order valence-corrected chi connectivity index (χ2v) is 10.1. The Bertz CT molecular complexity index is 2120. The van der Waals surface area contributed by atoms with E-state index in [0.717, 1.165) is 64.6 Å². The highest BCUT2D eigenvalue weighted by molar-refractivity contribution is 6.17. The molecule has 0 bridgehead atoms. The molecule has 0 aliphatic rings. The van der Waals surface area contributed by atoms with Crippen molar-refractivity contribution in [3.05, 3.63) is 121 Å². The lowest BCUT2D eigenvalue weighted by Crippen LogP contribution is -1.92. The predicted octanol–water partition coefficient (Wildman–Crippen LogP) is 9.81. The lowest BCUT2D eigenvalue weighted by molar-refractivity contribution is 0.392. The third-order valence-corrected chi connectivity index (χ3v) is 7.80. The van der Waals surface area contributed by atoms with Gasteiger partial charge in [0.15, 0.2) is 23.0 Å². The van der Waals surface area contributed by atoms with Crippen LogP contribution in [0.15, 0.2) is 121 Å². The van der Waals surface area contributed by atoms with E-state index in [-0.39, 0.29) is 11.5 Å². The Kier molecular flexibility index (Phi) is 4.53. The summed E-state index contributed by atoms with van der Waals surface area (Å²) >= 11 is 0. The zero-order valence-electron chi connectivity index (χ0n) is 20.8. The molecule has 0 saturated carbocycles. The fourth-order valence-electron chi connectivity index (χ4n) is 5.90. The van der Waals surface area contributed by atoms with E-state index in [0.29, 0.717) is 11.5 Å². The molecule has 0 unspecified atom stereocenters. The molecule has 0 heterocycles. The third-order valence-electron chi connectivity index (χ3n) is 7.80. The van der Waals surface area contributed by atoms with E-state index in [1.807, 2.05) is 48.5 Å². The number of fused-ring (bicyclic) bond motifs is 8. The number of ether oxygens (including phenoxy) is 1. The zero-order chi connectivity index (χ0) is 26.1. The van der Waals surface area contributed by atoms with Crippen molar-refractivity contribution in [1.29, 1.82) is 0 Å². The average molecular weight is 503 g/mol. The molecule has 2 N–H and O–H groups in total. The molecule has 0 spiro atoms.